The van der Waals surface area contributed by atoms with Gasteiger partial charge in [0.1, 0.15) is 11.3 Å². The van der Waals surface area contributed by atoms with Crippen molar-refractivity contribution in [2.75, 3.05) is 0 Å². The molecule has 2 aromatic carbocycles. The van der Waals surface area contributed by atoms with Crippen LogP contribution in [0.5, 0.6) is 0 Å². The van der Waals surface area contributed by atoms with Crippen LogP contribution in [-0.4, -0.2) is 15.6 Å². The molecular weight excluding hydrogens is 328 g/mol. The summed E-state index contributed by atoms with van der Waals surface area (Å²) in [5.74, 6) is 0.0184. The molecule has 3 aromatic rings. The Balaban J connectivity index is 2.15. The summed E-state index contributed by atoms with van der Waals surface area (Å²) in [6.07, 6.45) is 0.427. The van der Waals surface area contributed by atoms with Crippen molar-refractivity contribution in [1.29, 1.82) is 0 Å². The van der Waals surface area contributed by atoms with Gasteiger partial charge in [0.25, 0.3) is 11.4 Å². The molecule has 1 aromatic heterocycles. The van der Waals surface area contributed by atoms with Crippen molar-refractivity contribution in [3.8, 4) is 0 Å². The van der Waals surface area contributed by atoms with E-state index in [0.29, 0.717) is 23.2 Å². The average molecular weight is 340 g/mol. The number of aryl methyl sites for hydroxylation is 1. The first-order chi connectivity index (χ1) is 11.9. The van der Waals surface area contributed by atoms with Crippen LogP contribution in [0.4, 0.5) is 11.4 Å². The molecule has 0 aliphatic carbocycles. The summed E-state index contributed by atoms with van der Waals surface area (Å²) < 4.78 is 5.64. The van der Waals surface area contributed by atoms with E-state index in [1.54, 1.807) is 6.92 Å². The summed E-state index contributed by atoms with van der Waals surface area (Å²) in [6, 6.07) is 9.26. The number of ketones is 1. The van der Waals surface area contributed by atoms with Gasteiger partial charge < -0.3 is 4.42 Å². The van der Waals surface area contributed by atoms with Crippen LogP contribution in [0.25, 0.3) is 11.0 Å². The van der Waals surface area contributed by atoms with Crippen molar-refractivity contribution in [2.24, 2.45) is 0 Å². The topological polar surface area (TPSA) is 116 Å². The molecule has 0 aliphatic heterocycles. The standard InChI is InChI=1S/C17H12N2O6/c1-2-14-16(13-9-12(19(23)24)7-8-15(13)25-14)17(20)10-3-5-11(6-4-10)18(21)22/h3-9H,2H2,1H3. The summed E-state index contributed by atoms with van der Waals surface area (Å²) in [5.41, 5.74) is 0.603. The van der Waals surface area contributed by atoms with E-state index in [1.165, 1.54) is 42.5 Å². The summed E-state index contributed by atoms with van der Waals surface area (Å²) in [6.45, 7) is 1.80. The lowest BCUT2D eigenvalue weighted by atomic mass is 9.99. The Labute approximate surface area is 141 Å². The van der Waals surface area contributed by atoms with Gasteiger partial charge >= 0.3 is 0 Å². The molecule has 0 unspecified atom stereocenters. The molecule has 0 bridgehead atoms. The third-order valence-electron chi connectivity index (χ3n) is 3.84. The number of hydrogen-bond acceptors (Lipinski definition) is 6. The highest BCUT2D eigenvalue weighted by molar-refractivity contribution is 6.17. The maximum atomic E-state index is 12.9. The van der Waals surface area contributed by atoms with E-state index in [9.17, 15) is 25.0 Å². The van der Waals surface area contributed by atoms with Gasteiger partial charge in [0.15, 0.2) is 5.78 Å². The molecular formula is C17H12N2O6. The number of carbonyl (C=O) groups excluding carboxylic acids is 1. The molecule has 0 saturated carbocycles. The first kappa shape index (κ1) is 16.3. The fourth-order valence-corrected chi connectivity index (χ4v) is 2.63. The lowest BCUT2D eigenvalue weighted by Gasteiger charge is -2.02. The van der Waals surface area contributed by atoms with Crippen molar-refractivity contribution < 1.29 is 19.1 Å². The molecule has 0 saturated heterocycles. The van der Waals surface area contributed by atoms with Gasteiger partial charge in [-0.1, -0.05) is 6.92 Å². The van der Waals surface area contributed by atoms with Gasteiger partial charge in [0.2, 0.25) is 0 Å². The van der Waals surface area contributed by atoms with Crippen LogP contribution < -0.4 is 0 Å². The first-order valence-electron chi connectivity index (χ1n) is 7.41. The van der Waals surface area contributed by atoms with Crippen LogP contribution in [0.1, 0.15) is 28.6 Å². The number of fused-ring (bicyclic) bond motifs is 1. The summed E-state index contributed by atoms with van der Waals surface area (Å²) >= 11 is 0. The van der Waals surface area contributed by atoms with E-state index in [-0.39, 0.29) is 22.5 Å². The van der Waals surface area contributed by atoms with Crippen molar-refractivity contribution in [3.05, 3.63) is 79.6 Å². The molecule has 8 heteroatoms. The number of non-ortho nitro benzene ring substituents is 2. The highest BCUT2D eigenvalue weighted by Crippen LogP contribution is 2.31. The van der Waals surface area contributed by atoms with E-state index in [4.69, 9.17) is 4.42 Å². The van der Waals surface area contributed by atoms with E-state index in [0.717, 1.165) is 0 Å². The molecule has 3 rings (SSSR count). The largest absolute Gasteiger partial charge is 0.460 e. The van der Waals surface area contributed by atoms with E-state index < -0.39 is 15.6 Å². The molecule has 0 fully saturated rings. The quantitative estimate of drug-likeness (QED) is 0.393. The van der Waals surface area contributed by atoms with Crippen LogP contribution in [0.15, 0.2) is 46.9 Å². The molecule has 0 spiro atoms. The molecule has 0 atom stereocenters. The van der Waals surface area contributed by atoms with Crippen LogP contribution in [0.2, 0.25) is 0 Å². The second-order valence-corrected chi connectivity index (χ2v) is 5.32. The SMILES string of the molecule is CCc1oc2ccc([N+](=O)[O-])cc2c1C(=O)c1ccc([N+](=O)[O-])cc1. The molecule has 8 nitrogen and oxygen atoms in total. The molecule has 0 amide bonds. The Bertz CT molecular complexity index is 1000. The minimum atomic E-state index is -0.553. The fourth-order valence-electron chi connectivity index (χ4n) is 2.63. The number of nitro benzene ring substituents is 2. The van der Waals surface area contributed by atoms with Crippen molar-refractivity contribution in [1.82, 2.24) is 0 Å². The van der Waals surface area contributed by atoms with E-state index in [1.807, 2.05) is 0 Å². The zero-order valence-corrected chi connectivity index (χ0v) is 13.1. The lowest BCUT2D eigenvalue weighted by Crippen LogP contribution is -2.03. The number of furan rings is 1. The highest BCUT2D eigenvalue weighted by Gasteiger charge is 2.23. The Morgan fingerprint density at radius 3 is 2.16 bits per heavy atom. The van der Waals surface area contributed by atoms with Gasteiger partial charge in [-0.2, -0.15) is 0 Å². The summed E-state index contributed by atoms with van der Waals surface area (Å²) in [7, 11) is 0. The van der Waals surface area contributed by atoms with Crippen LogP contribution in [0, 0.1) is 20.2 Å². The monoisotopic (exact) mass is 340 g/mol. The predicted molar refractivity (Wildman–Crippen MR) is 88.8 cm³/mol. The lowest BCUT2D eigenvalue weighted by molar-refractivity contribution is -0.385. The van der Waals surface area contributed by atoms with Crippen LogP contribution in [-0.2, 0) is 6.42 Å². The van der Waals surface area contributed by atoms with Gasteiger partial charge in [-0.25, -0.2) is 0 Å². The van der Waals surface area contributed by atoms with E-state index >= 15 is 0 Å². The van der Waals surface area contributed by atoms with Crippen molar-refractivity contribution in [3.63, 3.8) is 0 Å². The summed E-state index contributed by atoms with van der Waals surface area (Å²) in [5, 5.41) is 22.1. The Kier molecular flexibility index (Phi) is 4.02. The zero-order chi connectivity index (χ0) is 18.1. The number of benzene rings is 2. The Hall–Kier alpha value is -3.55. The number of nitro groups is 2. The molecule has 0 radical (unpaired) electrons. The normalized spacial score (nSPS) is 10.8. The molecule has 126 valence electrons. The van der Waals surface area contributed by atoms with E-state index in [2.05, 4.69) is 0 Å². The Morgan fingerprint density at radius 1 is 1.00 bits per heavy atom. The van der Waals surface area contributed by atoms with Crippen LogP contribution in [0.3, 0.4) is 0 Å². The molecule has 0 N–H and O–H groups in total. The smallest absolute Gasteiger partial charge is 0.270 e. The number of rotatable bonds is 5. The maximum Gasteiger partial charge on any atom is 0.270 e. The fraction of sp³-hybridized carbons (Fsp3) is 0.118. The van der Waals surface area contributed by atoms with Gasteiger partial charge in [-0.3, -0.25) is 25.0 Å². The predicted octanol–water partition coefficient (Wildman–Crippen LogP) is 4.04. The number of nitrogens with zero attached hydrogens (tertiary/aromatic N) is 2. The minimum Gasteiger partial charge on any atom is -0.460 e. The minimum absolute atomic E-state index is 0.125. The molecule has 1 heterocycles. The maximum absolute atomic E-state index is 12.9. The molecule has 0 aliphatic rings. The first-order valence-corrected chi connectivity index (χ1v) is 7.41. The number of carbonyl (C=O) groups is 1. The third kappa shape index (κ3) is 2.85. The number of hydrogen-bond donors (Lipinski definition) is 0. The highest BCUT2D eigenvalue weighted by atomic mass is 16.6. The molecule has 25 heavy (non-hydrogen) atoms. The third-order valence-corrected chi connectivity index (χ3v) is 3.84. The van der Waals surface area contributed by atoms with Crippen molar-refractivity contribution >= 4 is 28.1 Å². The van der Waals surface area contributed by atoms with Crippen LogP contribution >= 0.6 is 0 Å². The second-order valence-electron chi connectivity index (χ2n) is 5.32. The Morgan fingerprint density at radius 2 is 1.60 bits per heavy atom. The van der Waals surface area contributed by atoms with Gasteiger partial charge in [0, 0.05) is 41.6 Å². The van der Waals surface area contributed by atoms with Gasteiger partial charge in [-0.05, 0) is 18.2 Å². The van der Waals surface area contributed by atoms with Gasteiger partial charge in [0.05, 0.1) is 15.4 Å². The second kappa shape index (κ2) is 6.16. The van der Waals surface area contributed by atoms with Crippen molar-refractivity contribution in [2.45, 2.75) is 13.3 Å². The average Bonchev–Trinajstić information content (AvgIpc) is 2.98. The zero-order valence-electron chi connectivity index (χ0n) is 13.1. The van der Waals surface area contributed by atoms with Gasteiger partial charge in [-0.15, -0.1) is 0 Å². The summed E-state index contributed by atoms with van der Waals surface area (Å²) in [4.78, 5) is 33.5.